The second-order valence-corrected chi connectivity index (χ2v) is 12.1. The SMILES string of the molecule is C=C(Cl)/C(F)=C(\C=C/CCn1ccnc(NC2=CC(C)CC(C(=O)N3CCCN(C(=O)[C@H]4CCNC4)CC3)C=C2)/c1=N/C)OC. The molecule has 2 fully saturated rings. The molecule has 2 aliphatic heterocycles. The summed E-state index contributed by atoms with van der Waals surface area (Å²) in [7, 11) is 3.08. The van der Waals surface area contributed by atoms with E-state index in [1.54, 1.807) is 19.3 Å². The molecule has 2 saturated heterocycles. The highest BCUT2D eigenvalue weighted by atomic mass is 35.5. The molecule has 2 N–H and O–H groups in total. The number of anilines is 1. The number of nitrogens with zero attached hydrogens (tertiary/aromatic N) is 5. The van der Waals surface area contributed by atoms with Crippen molar-refractivity contribution in [1.82, 2.24) is 24.7 Å². The Balaban J connectivity index is 1.38. The monoisotopic (exact) mass is 641 g/mol. The maximum Gasteiger partial charge on any atom is 0.229 e. The summed E-state index contributed by atoms with van der Waals surface area (Å²) < 4.78 is 21.1. The van der Waals surface area contributed by atoms with E-state index < -0.39 is 5.83 Å². The number of hydrogen-bond acceptors (Lipinski definition) is 7. The van der Waals surface area contributed by atoms with Crippen LogP contribution in [0.4, 0.5) is 10.2 Å². The Bertz CT molecular complexity index is 1430. The molecule has 3 aliphatic rings. The smallest absolute Gasteiger partial charge is 0.229 e. The number of carbonyl (C=O) groups is 2. The molecule has 3 heterocycles. The van der Waals surface area contributed by atoms with Crippen LogP contribution in [-0.4, -0.2) is 84.6 Å². The quantitative estimate of drug-likeness (QED) is 0.294. The average molecular weight is 642 g/mol. The van der Waals surface area contributed by atoms with Crippen molar-refractivity contribution >= 4 is 29.2 Å². The van der Waals surface area contributed by atoms with E-state index in [2.05, 4.69) is 40.2 Å². The first kappa shape index (κ1) is 34.2. The Labute approximate surface area is 270 Å². The molecule has 1 aromatic heterocycles. The van der Waals surface area contributed by atoms with Gasteiger partial charge in [0.15, 0.2) is 22.9 Å². The van der Waals surface area contributed by atoms with Crippen LogP contribution in [0.2, 0.25) is 0 Å². The van der Waals surface area contributed by atoms with E-state index in [9.17, 15) is 14.0 Å². The summed E-state index contributed by atoms with van der Waals surface area (Å²) in [5, 5.41) is 6.46. The average Bonchev–Trinajstić information content (AvgIpc) is 3.37. The number of hydrogen-bond donors (Lipinski definition) is 2. The molecule has 10 nitrogen and oxygen atoms in total. The first-order valence-electron chi connectivity index (χ1n) is 15.6. The Kier molecular flexibility index (Phi) is 12.6. The number of halogens is 2. The molecular formula is C33H45ClFN7O3. The first-order valence-corrected chi connectivity index (χ1v) is 16.0. The number of amides is 2. The zero-order valence-electron chi connectivity index (χ0n) is 26.5. The first-order chi connectivity index (χ1) is 21.7. The molecule has 2 unspecified atom stereocenters. The maximum atomic E-state index is 14.0. The van der Waals surface area contributed by atoms with Gasteiger partial charge in [0.1, 0.15) is 0 Å². The normalized spacial score (nSPS) is 23.4. The summed E-state index contributed by atoms with van der Waals surface area (Å²) >= 11 is 5.65. The molecule has 2 amide bonds. The number of aromatic nitrogens is 2. The highest BCUT2D eigenvalue weighted by Crippen LogP contribution is 2.25. The zero-order valence-corrected chi connectivity index (χ0v) is 27.2. The predicted octanol–water partition coefficient (Wildman–Crippen LogP) is 4.12. The lowest BCUT2D eigenvalue weighted by Crippen LogP contribution is -2.41. The van der Waals surface area contributed by atoms with Crippen molar-refractivity contribution in [2.45, 2.75) is 39.2 Å². The second-order valence-electron chi connectivity index (χ2n) is 11.6. The van der Waals surface area contributed by atoms with Gasteiger partial charge in [0.2, 0.25) is 11.8 Å². The van der Waals surface area contributed by atoms with E-state index in [0.29, 0.717) is 56.9 Å². The fourth-order valence-electron chi connectivity index (χ4n) is 5.97. The van der Waals surface area contributed by atoms with Crippen LogP contribution in [0.25, 0.3) is 0 Å². The summed E-state index contributed by atoms with van der Waals surface area (Å²) in [5.74, 6) is 0.179. The number of nitrogens with one attached hydrogen (secondary N) is 2. The summed E-state index contributed by atoms with van der Waals surface area (Å²) in [5.41, 5.74) is 1.50. The van der Waals surface area contributed by atoms with Crippen LogP contribution in [0.15, 0.2) is 76.7 Å². The number of carbonyl (C=O) groups excluding carboxylic acids is 2. The van der Waals surface area contributed by atoms with Crippen molar-refractivity contribution in [3.63, 3.8) is 0 Å². The zero-order chi connectivity index (χ0) is 32.3. The summed E-state index contributed by atoms with van der Waals surface area (Å²) in [6, 6.07) is 0. The van der Waals surface area contributed by atoms with Crippen LogP contribution in [0.1, 0.15) is 32.6 Å². The van der Waals surface area contributed by atoms with Crippen LogP contribution in [0.5, 0.6) is 0 Å². The number of methoxy groups -OCH3 is 1. The standard InChI is InChI=1S/C33H45ClFN7O3/c1-23-20-25(32(43)41-15-7-16-42(19-18-41)33(44)26-11-12-37-22-26)9-10-27(21-23)39-30-31(36-3)40(17-13-38-30)14-6-5-8-28(45-4)29(35)24(2)34/h5,8-10,13,17,21,23,25-26,37H,2,6-7,11-12,14-16,18-20,22H2,1,3-4H3,(H,38,39)/b8-5-,29-28-,36-31-/t23?,25?,26-/m0/s1. The van der Waals surface area contributed by atoms with Gasteiger partial charge in [-0.3, -0.25) is 14.6 Å². The minimum atomic E-state index is -0.701. The van der Waals surface area contributed by atoms with Crippen LogP contribution < -0.4 is 16.1 Å². The second kappa shape index (κ2) is 16.6. The van der Waals surface area contributed by atoms with Crippen LogP contribution in [0.3, 0.4) is 0 Å². The Hall–Kier alpha value is -3.70. The topological polar surface area (TPSA) is 104 Å². The number of ether oxygens (including phenoxy) is 1. The van der Waals surface area contributed by atoms with Crippen molar-refractivity contribution in [3.8, 4) is 0 Å². The molecule has 3 atom stereocenters. The largest absolute Gasteiger partial charge is 0.494 e. The molecule has 0 bridgehead atoms. The van der Waals surface area contributed by atoms with Gasteiger partial charge in [0.25, 0.3) is 0 Å². The van der Waals surface area contributed by atoms with E-state index in [0.717, 1.165) is 31.6 Å². The van der Waals surface area contributed by atoms with E-state index in [1.165, 1.54) is 13.2 Å². The molecular weight excluding hydrogens is 597 g/mol. The van der Waals surface area contributed by atoms with Gasteiger partial charge in [-0.25, -0.2) is 9.37 Å². The summed E-state index contributed by atoms with van der Waals surface area (Å²) in [6.07, 6.45) is 15.8. The van der Waals surface area contributed by atoms with Crippen molar-refractivity contribution in [2.24, 2.45) is 22.7 Å². The van der Waals surface area contributed by atoms with E-state index in [-0.39, 0.29) is 40.4 Å². The van der Waals surface area contributed by atoms with Gasteiger partial charge >= 0.3 is 0 Å². The molecule has 4 rings (SSSR count). The molecule has 0 radical (unpaired) electrons. The van der Waals surface area contributed by atoms with Gasteiger partial charge in [-0.15, -0.1) is 0 Å². The minimum Gasteiger partial charge on any atom is -0.494 e. The number of rotatable bonds is 10. The molecule has 0 aromatic carbocycles. The van der Waals surface area contributed by atoms with E-state index in [1.807, 2.05) is 32.7 Å². The fraction of sp³-hybridized carbons (Fsp3) is 0.515. The van der Waals surface area contributed by atoms with Gasteiger partial charge in [0, 0.05) is 64.4 Å². The van der Waals surface area contributed by atoms with Gasteiger partial charge in [-0.05, 0) is 50.3 Å². The summed E-state index contributed by atoms with van der Waals surface area (Å²) in [4.78, 5) is 39.4. The lowest BCUT2D eigenvalue weighted by Gasteiger charge is -2.26. The fourth-order valence-corrected chi connectivity index (χ4v) is 6.07. The van der Waals surface area contributed by atoms with Crippen molar-refractivity contribution in [3.05, 3.63) is 77.2 Å². The molecule has 1 aromatic rings. The van der Waals surface area contributed by atoms with Crippen LogP contribution in [-0.2, 0) is 20.9 Å². The van der Waals surface area contributed by atoms with Gasteiger partial charge in [-0.2, -0.15) is 0 Å². The van der Waals surface area contributed by atoms with Crippen molar-refractivity contribution in [1.29, 1.82) is 0 Å². The number of aryl methyl sites for hydroxylation is 1. The lowest BCUT2D eigenvalue weighted by atomic mass is 9.95. The molecule has 45 heavy (non-hydrogen) atoms. The highest BCUT2D eigenvalue weighted by Gasteiger charge is 2.31. The predicted molar refractivity (Wildman–Crippen MR) is 174 cm³/mol. The Morgan fingerprint density at radius 1 is 1.27 bits per heavy atom. The third kappa shape index (κ3) is 9.17. The Morgan fingerprint density at radius 3 is 2.69 bits per heavy atom. The van der Waals surface area contributed by atoms with Gasteiger partial charge in [0.05, 0.1) is 24.0 Å². The van der Waals surface area contributed by atoms with Gasteiger partial charge in [-0.1, -0.05) is 43.3 Å². The minimum absolute atomic E-state index is 0.0143. The van der Waals surface area contributed by atoms with Gasteiger partial charge < -0.3 is 29.7 Å². The van der Waals surface area contributed by atoms with E-state index in [4.69, 9.17) is 16.3 Å². The molecule has 244 valence electrons. The molecule has 1 aliphatic carbocycles. The molecule has 0 saturated carbocycles. The van der Waals surface area contributed by atoms with E-state index >= 15 is 0 Å². The van der Waals surface area contributed by atoms with Crippen LogP contribution in [0, 0.1) is 17.8 Å². The number of allylic oxidation sites excluding steroid dienone is 6. The third-order valence-electron chi connectivity index (χ3n) is 8.33. The Morgan fingerprint density at radius 2 is 2.02 bits per heavy atom. The molecule has 12 heteroatoms. The third-order valence-corrected chi connectivity index (χ3v) is 8.50. The highest BCUT2D eigenvalue weighted by molar-refractivity contribution is 6.31. The van der Waals surface area contributed by atoms with Crippen molar-refractivity contribution < 1.29 is 18.7 Å². The van der Waals surface area contributed by atoms with Crippen LogP contribution >= 0.6 is 11.6 Å². The van der Waals surface area contributed by atoms with Crippen molar-refractivity contribution in [2.75, 3.05) is 58.7 Å². The summed E-state index contributed by atoms with van der Waals surface area (Å²) in [6.45, 7) is 10.2. The molecule has 0 spiro atoms. The maximum absolute atomic E-state index is 14.0. The lowest BCUT2D eigenvalue weighted by molar-refractivity contribution is -0.137.